The summed E-state index contributed by atoms with van der Waals surface area (Å²) in [6.07, 6.45) is 3.87. The number of carboxylic acids is 1. The Morgan fingerprint density at radius 3 is 2.39 bits per heavy atom. The molecule has 1 amide bonds. The number of carbonyl (C=O) groups is 2. The van der Waals surface area contributed by atoms with Gasteiger partial charge in [-0.3, -0.25) is 0 Å². The summed E-state index contributed by atoms with van der Waals surface area (Å²) in [5, 5.41) is 21.3. The first-order chi connectivity index (χ1) is 10.7. The first kappa shape index (κ1) is 20.1. The molecule has 0 heterocycles. The van der Waals surface area contributed by atoms with E-state index in [-0.39, 0.29) is 0 Å². The van der Waals surface area contributed by atoms with E-state index in [1.807, 2.05) is 0 Å². The number of rotatable bonds is 7. The van der Waals surface area contributed by atoms with Crippen LogP contribution in [0.3, 0.4) is 0 Å². The molecule has 0 aromatic heterocycles. The maximum atomic E-state index is 11.8. The largest absolute Gasteiger partial charge is 0.479 e. The van der Waals surface area contributed by atoms with Crippen LogP contribution in [0.5, 0.6) is 0 Å². The number of carbonyl (C=O) groups excluding carboxylic acids is 1. The number of aliphatic hydroxyl groups excluding tert-OH is 1. The average molecular weight is 347 g/mol. The van der Waals surface area contributed by atoms with Crippen LogP contribution in [-0.4, -0.2) is 51.5 Å². The second-order valence-electron chi connectivity index (χ2n) is 7.08. The van der Waals surface area contributed by atoms with Crippen LogP contribution in [0.1, 0.15) is 52.9 Å². The minimum absolute atomic E-state index is 0.350. The lowest BCUT2D eigenvalue weighted by Crippen LogP contribution is -2.50. The number of alkyl carbamates (subject to hydrolysis) is 1. The molecular formula is C16H29NO5S. The number of aliphatic hydroxyl groups is 1. The van der Waals surface area contributed by atoms with E-state index in [9.17, 15) is 14.7 Å². The summed E-state index contributed by atoms with van der Waals surface area (Å²) in [6.45, 7) is 5.19. The summed E-state index contributed by atoms with van der Waals surface area (Å²) < 4.78 is 5.13. The summed E-state index contributed by atoms with van der Waals surface area (Å²) in [5.41, 5.74) is -0.669. The number of thioether (sulfide) groups is 1. The molecule has 0 bridgehead atoms. The normalized spacial score (nSPS) is 19.0. The highest BCUT2D eigenvalue weighted by atomic mass is 32.2. The van der Waals surface area contributed by atoms with Gasteiger partial charge in [-0.1, -0.05) is 19.3 Å². The van der Waals surface area contributed by atoms with Gasteiger partial charge in [0.25, 0.3) is 0 Å². The Bertz CT molecular complexity index is 390. The molecule has 0 spiro atoms. The fourth-order valence-electron chi connectivity index (χ4n) is 2.56. The van der Waals surface area contributed by atoms with Gasteiger partial charge in [0.15, 0.2) is 6.10 Å². The van der Waals surface area contributed by atoms with Gasteiger partial charge in [0.1, 0.15) is 5.60 Å². The Morgan fingerprint density at radius 2 is 1.87 bits per heavy atom. The van der Waals surface area contributed by atoms with E-state index in [4.69, 9.17) is 9.84 Å². The minimum Gasteiger partial charge on any atom is -0.479 e. The number of ether oxygens (including phenoxy) is 1. The predicted molar refractivity (Wildman–Crippen MR) is 90.7 cm³/mol. The molecule has 1 aliphatic rings. The van der Waals surface area contributed by atoms with Gasteiger partial charge in [-0.25, -0.2) is 9.59 Å². The fourth-order valence-corrected chi connectivity index (χ4v) is 3.88. The summed E-state index contributed by atoms with van der Waals surface area (Å²) in [6, 6.07) is -0.865. The second kappa shape index (κ2) is 9.37. The summed E-state index contributed by atoms with van der Waals surface area (Å²) in [7, 11) is 0. The third-order valence-corrected chi connectivity index (χ3v) is 5.01. The van der Waals surface area contributed by atoms with Crippen LogP contribution in [-0.2, 0) is 9.53 Å². The fraction of sp³-hybridized carbons (Fsp3) is 0.875. The van der Waals surface area contributed by atoms with Crippen molar-refractivity contribution in [1.29, 1.82) is 0 Å². The molecular weight excluding hydrogens is 318 g/mol. The van der Waals surface area contributed by atoms with Gasteiger partial charge < -0.3 is 20.3 Å². The first-order valence-electron chi connectivity index (χ1n) is 8.17. The number of hydrogen-bond acceptors (Lipinski definition) is 5. The van der Waals surface area contributed by atoms with Crippen molar-refractivity contribution in [2.24, 2.45) is 5.92 Å². The van der Waals surface area contributed by atoms with Crippen molar-refractivity contribution in [2.75, 3.05) is 11.5 Å². The van der Waals surface area contributed by atoms with Crippen molar-refractivity contribution in [3.63, 3.8) is 0 Å². The molecule has 134 valence electrons. The predicted octanol–water partition coefficient (Wildman–Crippen LogP) is 2.64. The second-order valence-corrected chi connectivity index (χ2v) is 8.15. The summed E-state index contributed by atoms with van der Waals surface area (Å²) in [4.78, 5) is 22.8. The Labute approximate surface area is 142 Å². The third-order valence-electron chi connectivity index (χ3n) is 3.71. The van der Waals surface area contributed by atoms with Gasteiger partial charge in [-0.2, -0.15) is 11.8 Å². The van der Waals surface area contributed by atoms with Crippen LogP contribution in [0.4, 0.5) is 4.79 Å². The van der Waals surface area contributed by atoms with Crippen LogP contribution >= 0.6 is 11.8 Å². The lowest BCUT2D eigenvalue weighted by Gasteiger charge is -2.26. The van der Waals surface area contributed by atoms with Crippen LogP contribution in [0.25, 0.3) is 0 Å². The maximum Gasteiger partial charge on any atom is 0.408 e. The van der Waals surface area contributed by atoms with E-state index in [0.717, 1.165) is 5.75 Å². The van der Waals surface area contributed by atoms with E-state index >= 15 is 0 Å². The Balaban J connectivity index is 2.48. The highest BCUT2D eigenvalue weighted by Crippen LogP contribution is 2.27. The van der Waals surface area contributed by atoms with Crippen molar-refractivity contribution in [1.82, 2.24) is 5.32 Å². The summed E-state index contributed by atoms with van der Waals surface area (Å²) >= 11 is 1.58. The first-order valence-corrected chi connectivity index (χ1v) is 9.32. The number of carboxylic acid groups (broad SMARTS) is 1. The SMILES string of the molecule is CC(C)(C)OC(=O)N[C@@H](CSCC1CCCCC1)C(O)C(=O)O. The molecule has 7 heteroatoms. The Hall–Kier alpha value is -0.950. The monoisotopic (exact) mass is 347 g/mol. The van der Waals surface area contributed by atoms with Gasteiger partial charge in [0.05, 0.1) is 6.04 Å². The lowest BCUT2D eigenvalue weighted by atomic mass is 9.91. The Kier molecular flexibility index (Phi) is 8.19. The molecule has 0 aliphatic heterocycles. The zero-order chi connectivity index (χ0) is 17.5. The number of aliphatic carboxylic acids is 1. The molecule has 1 aliphatic carbocycles. The number of nitrogens with one attached hydrogen (secondary N) is 1. The van der Waals surface area contributed by atoms with Crippen LogP contribution in [0.15, 0.2) is 0 Å². The smallest absolute Gasteiger partial charge is 0.408 e. The maximum absolute atomic E-state index is 11.8. The molecule has 1 rings (SSSR count). The van der Waals surface area contributed by atoms with Gasteiger partial charge >= 0.3 is 12.1 Å². The number of hydrogen-bond donors (Lipinski definition) is 3. The molecule has 1 saturated carbocycles. The van der Waals surface area contributed by atoms with E-state index in [0.29, 0.717) is 11.7 Å². The molecule has 2 atom stereocenters. The van der Waals surface area contributed by atoms with Crippen LogP contribution in [0, 0.1) is 5.92 Å². The quantitative estimate of drug-likeness (QED) is 0.655. The van der Waals surface area contributed by atoms with Crippen molar-refractivity contribution in [2.45, 2.75) is 70.6 Å². The van der Waals surface area contributed by atoms with Crippen molar-refractivity contribution < 1.29 is 24.5 Å². The Morgan fingerprint density at radius 1 is 1.26 bits per heavy atom. The van der Waals surface area contributed by atoms with E-state index in [2.05, 4.69) is 5.32 Å². The van der Waals surface area contributed by atoms with Crippen LogP contribution < -0.4 is 5.32 Å². The molecule has 0 aromatic carbocycles. The topological polar surface area (TPSA) is 95.9 Å². The standard InChI is InChI=1S/C16H29NO5S/c1-16(2,3)22-15(21)17-12(13(18)14(19)20)10-23-9-11-7-5-4-6-8-11/h11-13,18H,4-10H2,1-3H3,(H,17,21)(H,19,20)/t12-,13?/m0/s1. The van der Waals surface area contributed by atoms with E-state index in [1.54, 1.807) is 32.5 Å². The summed E-state index contributed by atoms with van der Waals surface area (Å²) in [5.74, 6) is 0.587. The van der Waals surface area contributed by atoms with Crippen LogP contribution in [0.2, 0.25) is 0 Å². The third kappa shape index (κ3) is 8.46. The van der Waals surface area contributed by atoms with Crippen molar-refractivity contribution in [3.8, 4) is 0 Å². The van der Waals surface area contributed by atoms with Gasteiger partial charge in [0.2, 0.25) is 0 Å². The molecule has 23 heavy (non-hydrogen) atoms. The highest BCUT2D eigenvalue weighted by Gasteiger charge is 2.29. The molecule has 1 fully saturated rings. The molecule has 6 nitrogen and oxygen atoms in total. The van der Waals surface area contributed by atoms with Gasteiger partial charge in [-0.05, 0) is 45.3 Å². The minimum atomic E-state index is -1.64. The average Bonchev–Trinajstić information content (AvgIpc) is 2.44. The van der Waals surface area contributed by atoms with Crippen molar-refractivity contribution >= 4 is 23.8 Å². The van der Waals surface area contributed by atoms with E-state index in [1.165, 1.54) is 32.1 Å². The van der Waals surface area contributed by atoms with Crippen molar-refractivity contribution in [3.05, 3.63) is 0 Å². The molecule has 1 unspecified atom stereocenters. The van der Waals surface area contributed by atoms with E-state index < -0.39 is 29.8 Å². The van der Waals surface area contributed by atoms with Gasteiger partial charge in [-0.15, -0.1) is 0 Å². The molecule has 0 aromatic rings. The number of amides is 1. The molecule has 0 saturated heterocycles. The van der Waals surface area contributed by atoms with Gasteiger partial charge in [0, 0.05) is 5.75 Å². The zero-order valence-electron chi connectivity index (χ0n) is 14.2. The zero-order valence-corrected chi connectivity index (χ0v) is 15.0. The highest BCUT2D eigenvalue weighted by molar-refractivity contribution is 7.99. The molecule has 3 N–H and O–H groups in total. The lowest BCUT2D eigenvalue weighted by molar-refractivity contribution is -0.147. The molecule has 0 radical (unpaired) electrons.